The Morgan fingerprint density at radius 1 is 1.04 bits per heavy atom. The summed E-state index contributed by atoms with van der Waals surface area (Å²) < 4.78 is 10.4. The fourth-order valence-electron chi connectivity index (χ4n) is 2.09. The molecule has 0 radical (unpaired) electrons. The Labute approximate surface area is 141 Å². The fourth-order valence-corrected chi connectivity index (χ4v) is 2.09. The first-order chi connectivity index (χ1) is 11.5. The monoisotopic (exact) mass is 327 g/mol. The van der Waals surface area contributed by atoms with Gasteiger partial charge in [0.1, 0.15) is 5.75 Å². The van der Waals surface area contributed by atoms with Crippen LogP contribution in [0, 0.1) is 13.8 Å². The highest BCUT2D eigenvalue weighted by atomic mass is 16.5. The largest absolute Gasteiger partial charge is 0.484 e. The molecule has 0 aromatic heterocycles. The smallest absolute Gasteiger partial charge is 0.338 e. The minimum Gasteiger partial charge on any atom is -0.484 e. The van der Waals surface area contributed by atoms with Gasteiger partial charge in [-0.25, -0.2) is 4.79 Å². The molecule has 1 N–H and O–H groups in total. The summed E-state index contributed by atoms with van der Waals surface area (Å²) in [6, 6.07) is 12.3. The van der Waals surface area contributed by atoms with Gasteiger partial charge in [-0.3, -0.25) is 4.79 Å². The minimum absolute atomic E-state index is 0.105. The Hall–Kier alpha value is -2.82. The molecule has 5 heteroatoms. The molecule has 0 aliphatic rings. The molecule has 1 amide bonds. The highest BCUT2D eigenvalue weighted by molar-refractivity contribution is 5.95. The predicted octanol–water partition coefficient (Wildman–Crippen LogP) is 3.50. The molecule has 0 spiro atoms. The van der Waals surface area contributed by atoms with E-state index in [1.165, 1.54) is 5.56 Å². The van der Waals surface area contributed by atoms with Crippen molar-refractivity contribution in [2.45, 2.75) is 20.8 Å². The van der Waals surface area contributed by atoms with Gasteiger partial charge >= 0.3 is 5.97 Å². The van der Waals surface area contributed by atoms with Crippen molar-refractivity contribution in [3.63, 3.8) is 0 Å². The van der Waals surface area contributed by atoms with E-state index in [0.717, 1.165) is 5.56 Å². The maximum Gasteiger partial charge on any atom is 0.338 e. The normalized spacial score (nSPS) is 10.1. The molecular weight excluding hydrogens is 306 g/mol. The van der Waals surface area contributed by atoms with Gasteiger partial charge in [-0.05, 0) is 62.2 Å². The molecule has 0 saturated carbocycles. The second-order valence-corrected chi connectivity index (χ2v) is 5.38. The average Bonchev–Trinajstić information content (AvgIpc) is 2.56. The molecule has 0 fully saturated rings. The second kappa shape index (κ2) is 8.15. The number of benzene rings is 2. The molecular formula is C19H21NO4. The topological polar surface area (TPSA) is 64.6 Å². The predicted molar refractivity (Wildman–Crippen MR) is 92.4 cm³/mol. The first-order valence-corrected chi connectivity index (χ1v) is 7.76. The van der Waals surface area contributed by atoms with Gasteiger partial charge in [-0.2, -0.15) is 0 Å². The number of rotatable bonds is 6. The zero-order valence-corrected chi connectivity index (χ0v) is 14.1. The van der Waals surface area contributed by atoms with Crippen LogP contribution in [0.2, 0.25) is 0 Å². The molecule has 0 aliphatic carbocycles. The van der Waals surface area contributed by atoms with Gasteiger partial charge in [0.15, 0.2) is 6.61 Å². The van der Waals surface area contributed by atoms with Crippen molar-refractivity contribution in [1.82, 2.24) is 0 Å². The number of carbonyl (C=O) groups excluding carboxylic acids is 2. The van der Waals surface area contributed by atoms with Gasteiger partial charge in [0.2, 0.25) is 0 Å². The van der Waals surface area contributed by atoms with Crippen LogP contribution in [-0.4, -0.2) is 25.1 Å². The third-order valence-electron chi connectivity index (χ3n) is 3.51. The average molecular weight is 327 g/mol. The van der Waals surface area contributed by atoms with Gasteiger partial charge in [0, 0.05) is 5.69 Å². The molecule has 5 nitrogen and oxygen atoms in total. The Balaban J connectivity index is 1.93. The van der Waals surface area contributed by atoms with Gasteiger partial charge < -0.3 is 14.8 Å². The zero-order valence-electron chi connectivity index (χ0n) is 14.1. The van der Waals surface area contributed by atoms with Gasteiger partial charge in [-0.15, -0.1) is 0 Å². The standard InChI is InChI=1S/C19H21NO4/c1-4-23-19(22)15-6-5-7-16(11-15)20-18(21)12-24-17-9-8-13(2)14(3)10-17/h5-11H,4,12H2,1-3H3,(H,20,21). The quantitative estimate of drug-likeness (QED) is 0.825. The lowest BCUT2D eigenvalue weighted by atomic mass is 10.1. The fraction of sp³-hybridized carbons (Fsp3) is 0.263. The first-order valence-electron chi connectivity index (χ1n) is 7.76. The van der Waals surface area contributed by atoms with E-state index >= 15 is 0 Å². The van der Waals surface area contributed by atoms with E-state index < -0.39 is 5.97 Å². The molecule has 0 bridgehead atoms. The van der Waals surface area contributed by atoms with Crippen molar-refractivity contribution in [3.8, 4) is 5.75 Å². The van der Waals surface area contributed by atoms with E-state index in [9.17, 15) is 9.59 Å². The van der Waals surface area contributed by atoms with E-state index in [0.29, 0.717) is 23.6 Å². The summed E-state index contributed by atoms with van der Waals surface area (Å²) >= 11 is 0. The van der Waals surface area contributed by atoms with Crippen LogP contribution in [0.4, 0.5) is 5.69 Å². The lowest BCUT2D eigenvalue weighted by Gasteiger charge is -2.10. The molecule has 0 aliphatic heterocycles. The molecule has 24 heavy (non-hydrogen) atoms. The highest BCUT2D eigenvalue weighted by Crippen LogP contribution is 2.16. The van der Waals surface area contributed by atoms with Crippen molar-refractivity contribution >= 4 is 17.6 Å². The van der Waals surface area contributed by atoms with Gasteiger partial charge in [0.05, 0.1) is 12.2 Å². The number of ether oxygens (including phenoxy) is 2. The molecule has 0 atom stereocenters. The SMILES string of the molecule is CCOC(=O)c1cccc(NC(=O)COc2ccc(C)c(C)c2)c1. The molecule has 126 valence electrons. The number of anilines is 1. The third-order valence-corrected chi connectivity index (χ3v) is 3.51. The van der Waals surface area contributed by atoms with Gasteiger partial charge in [0.25, 0.3) is 5.91 Å². The van der Waals surface area contributed by atoms with E-state index in [1.807, 2.05) is 32.0 Å². The summed E-state index contributed by atoms with van der Waals surface area (Å²) in [5, 5.41) is 2.70. The number of esters is 1. The zero-order chi connectivity index (χ0) is 17.5. The summed E-state index contributed by atoms with van der Waals surface area (Å²) in [5.74, 6) is -0.0669. The summed E-state index contributed by atoms with van der Waals surface area (Å²) in [5.41, 5.74) is 3.19. The third kappa shape index (κ3) is 4.84. The number of hydrogen-bond acceptors (Lipinski definition) is 4. The maximum atomic E-state index is 12.0. The second-order valence-electron chi connectivity index (χ2n) is 5.38. The Bertz CT molecular complexity index is 740. The number of nitrogens with one attached hydrogen (secondary N) is 1. The molecule has 2 aromatic rings. The van der Waals surface area contributed by atoms with Gasteiger partial charge in [-0.1, -0.05) is 12.1 Å². The number of aryl methyl sites for hydroxylation is 2. The van der Waals surface area contributed by atoms with Crippen molar-refractivity contribution in [2.75, 3.05) is 18.5 Å². The summed E-state index contributed by atoms with van der Waals surface area (Å²) in [6.07, 6.45) is 0. The summed E-state index contributed by atoms with van der Waals surface area (Å²) in [7, 11) is 0. The van der Waals surface area contributed by atoms with Crippen molar-refractivity contribution in [3.05, 3.63) is 59.2 Å². The van der Waals surface area contributed by atoms with Crippen LogP contribution in [0.15, 0.2) is 42.5 Å². The van der Waals surface area contributed by atoms with Crippen LogP contribution < -0.4 is 10.1 Å². The van der Waals surface area contributed by atoms with Crippen LogP contribution in [0.3, 0.4) is 0 Å². The Kier molecular flexibility index (Phi) is 5.95. The number of amides is 1. The lowest BCUT2D eigenvalue weighted by Crippen LogP contribution is -2.20. The number of hydrogen-bond donors (Lipinski definition) is 1. The van der Waals surface area contributed by atoms with Crippen molar-refractivity contribution in [1.29, 1.82) is 0 Å². The van der Waals surface area contributed by atoms with Crippen LogP contribution in [-0.2, 0) is 9.53 Å². The first kappa shape index (κ1) is 17.5. The minimum atomic E-state index is -0.417. The molecule has 0 saturated heterocycles. The van der Waals surface area contributed by atoms with E-state index in [2.05, 4.69) is 5.32 Å². The lowest BCUT2D eigenvalue weighted by molar-refractivity contribution is -0.118. The van der Waals surface area contributed by atoms with Crippen LogP contribution >= 0.6 is 0 Å². The Morgan fingerprint density at radius 2 is 1.83 bits per heavy atom. The molecule has 2 rings (SSSR count). The molecule has 0 unspecified atom stereocenters. The Morgan fingerprint density at radius 3 is 2.54 bits per heavy atom. The number of carbonyl (C=O) groups is 2. The molecule has 2 aromatic carbocycles. The van der Waals surface area contributed by atoms with Crippen LogP contribution in [0.25, 0.3) is 0 Å². The van der Waals surface area contributed by atoms with Crippen molar-refractivity contribution in [2.24, 2.45) is 0 Å². The van der Waals surface area contributed by atoms with Crippen LogP contribution in [0.5, 0.6) is 5.75 Å². The maximum absolute atomic E-state index is 12.0. The molecule has 0 heterocycles. The van der Waals surface area contributed by atoms with E-state index in [1.54, 1.807) is 31.2 Å². The van der Waals surface area contributed by atoms with Crippen molar-refractivity contribution < 1.29 is 19.1 Å². The summed E-state index contributed by atoms with van der Waals surface area (Å²) in [4.78, 5) is 23.7. The van der Waals surface area contributed by atoms with E-state index in [-0.39, 0.29) is 12.5 Å². The highest BCUT2D eigenvalue weighted by Gasteiger charge is 2.09. The summed E-state index contributed by atoms with van der Waals surface area (Å²) in [6.45, 7) is 5.95. The van der Waals surface area contributed by atoms with Crippen LogP contribution in [0.1, 0.15) is 28.4 Å². The van der Waals surface area contributed by atoms with E-state index in [4.69, 9.17) is 9.47 Å².